The number of carbonyl (C=O) groups excluding carboxylic acids is 1. The predicted molar refractivity (Wildman–Crippen MR) is 102 cm³/mol. The fraction of sp³-hybridized carbons (Fsp3) is 0.200. The van der Waals surface area contributed by atoms with Crippen LogP contribution in [0.1, 0.15) is 29.4 Å². The van der Waals surface area contributed by atoms with Crippen molar-refractivity contribution in [3.8, 4) is 11.9 Å². The molecule has 2 aliphatic rings. The Balaban J connectivity index is 1.97. The van der Waals surface area contributed by atoms with Gasteiger partial charge in [-0.25, -0.2) is 4.98 Å². The molecule has 0 saturated carbocycles. The molecule has 1 aromatic carbocycles. The standard InChI is InChI=1S/C20H16N6O2/c1-2-25-13-6-4-3-5-12(13)20(19(25)28)9-14-23-7-8-26(14)17-15(20)16(22)11(10-21)18(27)24-17/h3-8H,2,9H2,1H3,(H3,22,24,27). The number of imidazole rings is 1. The molecular weight excluding hydrogens is 356 g/mol. The van der Waals surface area contributed by atoms with Crippen LogP contribution in [0.5, 0.6) is 0 Å². The summed E-state index contributed by atoms with van der Waals surface area (Å²) in [4.78, 5) is 35.1. The van der Waals surface area contributed by atoms with Crippen molar-refractivity contribution >= 4 is 17.3 Å². The number of nitrogen functional groups attached to an aromatic ring is 1. The SMILES string of the molecule is CCN1C(=O)C2(Cc3nccn3-c3[nH]c(=O)c(C#N)c(N)c32)c2ccccc21. The molecule has 0 fully saturated rings. The Bertz CT molecular complexity index is 1260. The number of amides is 1. The minimum Gasteiger partial charge on any atom is -0.397 e. The maximum Gasteiger partial charge on any atom is 0.269 e. The molecule has 4 heterocycles. The van der Waals surface area contributed by atoms with E-state index in [0.29, 0.717) is 30.2 Å². The summed E-state index contributed by atoms with van der Waals surface area (Å²) in [5, 5.41) is 9.48. The summed E-state index contributed by atoms with van der Waals surface area (Å²) in [6, 6.07) is 9.45. The number of rotatable bonds is 1. The number of nitrogens with zero attached hydrogens (tertiary/aromatic N) is 4. The number of nitriles is 1. The van der Waals surface area contributed by atoms with E-state index in [-0.39, 0.29) is 17.2 Å². The topological polar surface area (TPSA) is 121 Å². The first-order valence-electron chi connectivity index (χ1n) is 8.95. The fourth-order valence-electron chi connectivity index (χ4n) is 4.58. The van der Waals surface area contributed by atoms with Crippen LogP contribution in [0.3, 0.4) is 0 Å². The van der Waals surface area contributed by atoms with E-state index in [4.69, 9.17) is 5.73 Å². The van der Waals surface area contributed by atoms with Gasteiger partial charge in [-0.3, -0.25) is 14.2 Å². The van der Waals surface area contributed by atoms with Crippen LogP contribution < -0.4 is 16.2 Å². The predicted octanol–water partition coefficient (Wildman–Crippen LogP) is 1.22. The van der Waals surface area contributed by atoms with E-state index in [1.54, 1.807) is 21.9 Å². The van der Waals surface area contributed by atoms with Crippen LogP contribution >= 0.6 is 0 Å². The lowest BCUT2D eigenvalue weighted by molar-refractivity contribution is -0.122. The second-order valence-electron chi connectivity index (χ2n) is 6.94. The Labute approximate surface area is 159 Å². The van der Waals surface area contributed by atoms with E-state index >= 15 is 0 Å². The van der Waals surface area contributed by atoms with E-state index in [0.717, 1.165) is 11.3 Å². The van der Waals surface area contributed by atoms with Gasteiger partial charge >= 0.3 is 0 Å². The van der Waals surface area contributed by atoms with Crippen molar-refractivity contribution in [2.45, 2.75) is 18.8 Å². The third-order valence-corrected chi connectivity index (χ3v) is 5.74. The molecule has 0 radical (unpaired) electrons. The maximum atomic E-state index is 13.8. The minimum absolute atomic E-state index is 0.0432. The van der Waals surface area contributed by atoms with Crippen molar-refractivity contribution in [2.24, 2.45) is 0 Å². The van der Waals surface area contributed by atoms with Gasteiger partial charge in [-0.15, -0.1) is 0 Å². The molecule has 0 saturated heterocycles. The number of hydrogen-bond acceptors (Lipinski definition) is 5. The van der Waals surface area contributed by atoms with Gasteiger partial charge in [-0.05, 0) is 18.6 Å². The second-order valence-corrected chi connectivity index (χ2v) is 6.94. The van der Waals surface area contributed by atoms with Crippen molar-refractivity contribution in [3.63, 3.8) is 0 Å². The Morgan fingerprint density at radius 3 is 2.89 bits per heavy atom. The zero-order valence-corrected chi connectivity index (χ0v) is 15.1. The first-order chi connectivity index (χ1) is 13.5. The smallest absolute Gasteiger partial charge is 0.269 e. The minimum atomic E-state index is -1.14. The molecular formula is C20H16N6O2. The van der Waals surface area contributed by atoms with Crippen LogP contribution in [-0.2, 0) is 16.6 Å². The van der Waals surface area contributed by atoms with Gasteiger partial charge in [0, 0.05) is 36.6 Å². The molecule has 0 aliphatic carbocycles. The number of fused-ring (bicyclic) bond motifs is 6. The highest BCUT2D eigenvalue weighted by Crippen LogP contribution is 2.52. The van der Waals surface area contributed by atoms with Crippen molar-refractivity contribution < 1.29 is 4.79 Å². The monoisotopic (exact) mass is 372 g/mol. The third kappa shape index (κ3) is 1.71. The van der Waals surface area contributed by atoms with E-state index in [2.05, 4.69) is 9.97 Å². The number of aromatic amines is 1. The fourth-order valence-corrected chi connectivity index (χ4v) is 4.58. The van der Waals surface area contributed by atoms with Crippen LogP contribution in [0.4, 0.5) is 11.4 Å². The Kier molecular flexibility index (Phi) is 3.11. The first-order valence-corrected chi connectivity index (χ1v) is 8.95. The number of carbonyl (C=O) groups is 1. The largest absolute Gasteiger partial charge is 0.397 e. The summed E-state index contributed by atoms with van der Waals surface area (Å²) in [5.41, 5.74) is 6.58. The highest BCUT2D eigenvalue weighted by Gasteiger charge is 2.56. The number of benzene rings is 1. The van der Waals surface area contributed by atoms with Crippen molar-refractivity contribution in [2.75, 3.05) is 17.2 Å². The van der Waals surface area contributed by atoms with Crippen LogP contribution in [0.15, 0.2) is 41.5 Å². The molecule has 1 unspecified atom stereocenters. The highest BCUT2D eigenvalue weighted by atomic mass is 16.2. The van der Waals surface area contributed by atoms with Crippen molar-refractivity contribution in [1.29, 1.82) is 5.26 Å². The van der Waals surface area contributed by atoms with E-state index in [1.165, 1.54) is 0 Å². The third-order valence-electron chi connectivity index (χ3n) is 5.74. The Hall–Kier alpha value is -3.86. The molecule has 5 rings (SSSR count). The van der Waals surface area contributed by atoms with Gasteiger partial charge in [0.2, 0.25) is 5.91 Å². The molecule has 138 valence electrons. The molecule has 2 aromatic heterocycles. The van der Waals surface area contributed by atoms with Crippen LogP contribution in [0.25, 0.3) is 5.82 Å². The summed E-state index contributed by atoms with van der Waals surface area (Å²) >= 11 is 0. The van der Waals surface area contributed by atoms with Crippen LogP contribution in [0, 0.1) is 11.3 Å². The number of H-pyrrole nitrogens is 1. The summed E-state index contributed by atoms with van der Waals surface area (Å²) < 4.78 is 1.73. The van der Waals surface area contributed by atoms with E-state index < -0.39 is 11.0 Å². The number of hydrogen-bond donors (Lipinski definition) is 2. The molecule has 8 heteroatoms. The van der Waals surface area contributed by atoms with Gasteiger partial charge in [0.05, 0.1) is 5.69 Å². The number of likely N-dealkylation sites (N-methyl/N-ethyl adjacent to an activating group) is 1. The molecule has 1 atom stereocenters. The lowest BCUT2D eigenvalue weighted by Gasteiger charge is -2.35. The molecule has 1 spiro atoms. The molecule has 1 amide bonds. The molecule has 0 bridgehead atoms. The number of nitrogens with two attached hydrogens (primary N) is 1. The molecule has 28 heavy (non-hydrogen) atoms. The zero-order chi connectivity index (χ0) is 19.6. The molecule has 2 aliphatic heterocycles. The average Bonchev–Trinajstić information content (AvgIpc) is 3.24. The van der Waals surface area contributed by atoms with Crippen molar-refractivity contribution in [3.05, 3.63) is 69.5 Å². The second kappa shape index (κ2) is 5.33. The maximum absolute atomic E-state index is 13.8. The summed E-state index contributed by atoms with van der Waals surface area (Å²) in [6.45, 7) is 2.41. The van der Waals surface area contributed by atoms with Crippen molar-refractivity contribution in [1.82, 2.24) is 14.5 Å². The van der Waals surface area contributed by atoms with Gasteiger partial charge in [0.15, 0.2) is 0 Å². The molecule has 3 aromatic rings. The molecule has 8 nitrogen and oxygen atoms in total. The number of aromatic nitrogens is 3. The summed E-state index contributed by atoms with van der Waals surface area (Å²) in [6.07, 6.45) is 3.62. The Morgan fingerprint density at radius 2 is 2.14 bits per heavy atom. The van der Waals surface area contributed by atoms with Gasteiger partial charge in [-0.1, -0.05) is 18.2 Å². The van der Waals surface area contributed by atoms with Crippen LogP contribution in [0.2, 0.25) is 0 Å². The summed E-state index contributed by atoms with van der Waals surface area (Å²) in [7, 11) is 0. The van der Waals surface area contributed by atoms with Gasteiger partial charge in [0.25, 0.3) is 5.56 Å². The number of nitrogens with one attached hydrogen (secondary N) is 1. The quantitative estimate of drug-likeness (QED) is 0.665. The summed E-state index contributed by atoms with van der Waals surface area (Å²) in [5.74, 6) is 0.907. The number of pyridine rings is 1. The Morgan fingerprint density at radius 1 is 1.36 bits per heavy atom. The number of para-hydroxylation sites is 1. The normalized spacial score (nSPS) is 19.3. The first kappa shape index (κ1) is 16.3. The van der Waals surface area contributed by atoms with E-state index in [9.17, 15) is 14.9 Å². The van der Waals surface area contributed by atoms with Gasteiger partial charge < -0.3 is 15.6 Å². The van der Waals surface area contributed by atoms with Gasteiger partial charge in [-0.2, -0.15) is 5.26 Å². The van der Waals surface area contributed by atoms with E-state index in [1.807, 2.05) is 37.3 Å². The lowest BCUT2D eigenvalue weighted by atomic mass is 9.70. The van der Waals surface area contributed by atoms with Gasteiger partial charge in [0.1, 0.15) is 28.7 Å². The average molecular weight is 372 g/mol. The lowest BCUT2D eigenvalue weighted by Crippen LogP contribution is -2.47. The zero-order valence-electron chi connectivity index (χ0n) is 15.1. The van der Waals surface area contributed by atoms with Crippen LogP contribution in [-0.4, -0.2) is 27.0 Å². The molecule has 3 N–H and O–H groups in total. The number of anilines is 2. The highest BCUT2D eigenvalue weighted by molar-refractivity contribution is 6.12.